The molecular formula is C34H29FO8. The van der Waals surface area contributed by atoms with Gasteiger partial charge in [0.15, 0.2) is 0 Å². The van der Waals surface area contributed by atoms with E-state index in [1.807, 2.05) is 0 Å². The zero-order chi connectivity index (χ0) is 32.0. The van der Waals surface area contributed by atoms with E-state index in [1.165, 1.54) is 64.1 Å². The van der Waals surface area contributed by atoms with Crippen molar-refractivity contribution >= 4 is 23.9 Å². The lowest BCUT2D eigenvalue weighted by Crippen LogP contribution is -2.13. The summed E-state index contributed by atoms with van der Waals surface area (Å²) in [7, 11) is 0. The van der Waals surface area contributed by atoms with Gasteiger partial charge < -0.3 is 18.9 Å². The Hall–Kier alpha value is -5.57. The second kappa shape index (κ2) is 13.4. The van der Waals surface area contributed by atoms with E-state index in [-0.39, 0.29) is 56.4 Å². The first-order valence-corrected chi connectivity index (χ1v) is 12.8. The van der Waals surface area contributed by atoms with Crippen molar-refractivity contribution in [2.75, 3.05) is 0 Å². The van der Waals surface area contributed by atoms with Crippen LogP contribution in [0.25, 0.3) is 22.3 Å². The minimum absolute atomic E-state index is 0.0584. The van der Waals surface area contributed by atoms with Crippen molar-refractivity contribution in [3.8, 4) is 45.3 Å². The summed E-state index contributed by atoms with van der Waals surface area (Å²) in [6, 6.07) is 12.8. The maximum atomic E-state index is 15.6. The fraction of sp³-hybridized carbons (Fsp3) is 0.118. The average Bonchev–Trinajstić information content (AvgIpc) is 2.93. The molecule has 9 heteroatoms. The number of esters is 4. The van der Waals surface area contributed by atoms with E-state index >= 15 is 4.39 Å². The van der Waals surface area contributed by atoms with Crippen molar-refractivity contribution < 1.29 is 42.5 Å². The van der Waals surface area contributed by atoms with Crippen molar-refractivity contribution in [1.29, 1.82) is 0 Å². The molecule has 0 spiro atoms. The summed E-state index contributed by atoms with van der Waals surface area (Å²) in [5.41, 5.74) is 1.21. The van der Waals surface area contributed by atoms with E-state index in [9.17, 15) is 19.2 Å². The minimum atomic E-state index is -0.872. The molecule has 0 saturated carbocycles. The number of carbonyl (C=O) groups is 4. The number of hydrogen-bond donors (Lipinski definition) is 0. The standard InChI is InChI=1S/C34H29FO8/c1-18(2)31(36)40-24-11-9-22(10-12-24)23-15-28(42-33(38)20(5)6)30(29(16-23)43-34(39)21(7)8)26-14-13-25(17-27(26)35)41-32(37)19(3)4/h9-17H,1,3,5,7H2,2,4,6,8H3. The van der Waals surface area contributed by atoms with Crippen LogP contribution in [0.4, 0.5) is 4.39 Å². The summed E-state index contributed by atoms with van der Waals surface area (Å²) in [4.78, 5) is 49.1. The smallest absolute Gasteiger partial charge is 0.338 e. The Kier molecular flexibility index (Phi) is 9.95. The average molecular weight is 585 g/mol. The second-order valence-electron chi connectivity index (χ2n) is 9.69. The highest BCUT2D eigenvalue weighted by Crippen LogP contribution is 2.44. The molecule has 0 heterocycles. The van der Waals surface area contributed by atoms with Gasteiger partial charge in [-0.2, -0.15) is 0 Å². The van der Waals surface area contributed by atoms with Gasteiger partial charge in [-0.3, -0.25) is 0 Å². The molecule has 0 saturated heterocycles. The van der Waals surface area contributed by atoms with Crippen LogP contribution in [0.1, 0.15) is 27.7 Å². The van der Waals surface area contributed by atoms with Gasteiger partial charge >= 0.3 is 23.9 Å². The summed E-state index contributed by atoms with van der Waals surface area (Å²) in [5.74, 6) is -3.99. The Morgan fingerprint density at radius 1 is 0.535 bits per heavy atom. The summed E-state index contributed by atoms with van der Waals surface area (Å²) >= 11 is 0. The number of ether oxygens (including phenoxy) is 4. The fourth-order valence-corrected chi connectivity index (χ4v) is 3.42. The lowest BCUT2D eigenvalue weighted by molar-refractivity contribution is -0.131. The van der Waals surface area contributed by atoms with Crippen LogP contribution in [0.15, 0.2) is 103 Å². The van der Waals surface area contributed by atoms with Crippen molar-refractivity contribution in [3.05, 3.63) is 109 Å². The van der Waals surface area contributed by atoms with Crippen LogP contribution in [-0.4, -0.2) is 23.9 Å². The molecule has 0 aromatic heterocycles. The number of hydrogen-bond acceptors (Lipinski definition) is 8. The van der Waals surface area contributed by atoms with E-state index in [0.717, 1.165) is 6.07 Å². The molecule has 0 fully saturated rings. The van der Waals surface area contributed by atoms with Gasteiger partial charge in [0, 0.05) is 33.9 Å². The van der Waals surface area contributed by atoms with Crippen LogP contribution in [0, 0.1) is 5.82 Å². The van der Waals surface area contributed by atoms with Crippen LogP contribution in [0.2, 0.25) is 0 Å². The number of benzene rings is 3. The summed E-state index contributed by atoms with van der Waals surface area (Å²) < 4.78 is 37.1. The van der Waals surface area contributed by atoms with Gasteiger partial charge in [-0.15, -0.1) is 0 Å². The molecule has 0 aliphatic heterocycles. The van der Waals surface area contributed by atoms with Gasteiger partial charge in [0.1, 0.15) is 28.8 Å². The lowest BCUT2D eigenvalue weighted by atomic mass is 9.97. The van der Waals surface area contributed by atoms with Crippen LogP contribution in [-0.2, 0) is 19.2 Å². The van der Waals surface area contributed by atoms with Crippen molar-refractivity contribution in [2.24, 2.45) is 0 Å². The van der Waals surface area contributed by atoms with Gasteiger partial charge in [0.05, 0.1) is 5.56 Å². The van der Waals surface area contributed by atoms with Gasteiger partial charge in [-0.05, 0) is 75.2 Å². The maximum absolute atomic E-state index is 15.6. The van der Waals surface area contributed by atoms with E-state index in [2.05, 4.69) is 26.3 Å². The zero-order valence-electron chi connectivity index (χ0n) is 24.2. The van der Waals surface area contributed by atoms with Gasteiger partial charge in [0.2, 0.25) is 0 Å². The molecule has 220 valence electrons. The lowest BCUT2D eigenvalue weighted by Gasteiger charge is -2.18. The van der Waals surface area contributed by atoms with Crippen LogP contribution < -0.4 is 18.9 Å². The normalized spacial score (nSPS) is 10.3. The van der Waals surface area contributed by atoms with Gasteiger partial charge in [0.25, 0.3) is 0 Å². The molecule has 3 aromatic rings. The largest absolute Gasteiger partial charge is 0.423 e. The number of carbonyl (C=O) groups excluding carboxylic acids is 4. The summed E-state index contributed by atoms with van der Waals surface area (Å²) in [5, 5.41) is 0. The van der Waals surface area contributed by atoms with Crippen molar-refractivity contribution in [1.82, 2.24) is 0 Å². The highest BCUT2D eigenvalue weighted by atomic mass is 19.1. The summed E-state index contributed by atoms with van der Waals surface area (Å²) in [6.45, 7) is 20.1. The zero-order valence-corrected chi connectivity index (χ0v) is 24.2. The Morgan fingerprint density at radius 3 is 1.35 bits per heavy atom. The molecule has 0 amide bonds. The molecule has 0 atom stereocenters. The first-order valence-electron chi connectivity index (χ1n) is 12.8. The highest BCUT2D eigenvalue weighted by Gasteiger charge is 2.24. The molecule has 0 radical (unpaired) electrons. The molecule has 0 N–H and O–H groups in total. The third-order valence-corrected chi connectivity index (χ3v) is 5.68. The topological polar surface area (TPSA) is 105 Å². The monoisotopic (exact) mass is 584 g/mol. The van der Waals surface area contributed by atoms with Crippen LogP contribution in [0.3, 0.4) is 0 Å². The SMILES string of the molecule is C=C(C)C(=O)Oc1ccc(-c2cc(OC(=O)C(=C)C)c(-c3ccc(OC(=O)C(=C)C)cc3F)c(OC(=O)C(=C)C)c2)cc1. The number of rotatable bonds is 10. The van der Waals surface area contributed by atoms with Crippen molar-refractivity contribution in [3.63, 3.8) is 0 Å². The highest BCUT2D eigenvalue weighted by molar-refractivity contribution is 5.95. The molecule has 3 aromatic carbocycles. The van der Waals surface area contributed by atoms with E-state index in [0.29, 0.717) is 11.1 Å². The Bertz CT molecular complexity index is 1650. The second-order valence-corrected chi connectivity index (χ2v) is 9.69. The first kappa shape index (κ1) is 32.0. The Balaban J connectivity index is 2.23. The molecule has 8 nitrogen and oxygen atoms in total. The third-order valence-electron chi connectivity index (χ3n) is 5.68. The van der Waals surface area contributed by atoms with Crippen molar-refractivity contribution in [2.45, 2.75) is 27.7 Å². The maximum Gasteiger partial charge on any atom is 0.338 e. The predicted molar refractivity (Wildman–Crippen MR) is 159 cm³/mol. The van der Waals surface area contributed by atoms with E-state index in [1.54, 1.807) is 12.1 Å². The van der Waals surface area contributed by atoms with Gasteiger partial charge in [-0.1, -0.05) is 38.4 Å². The predicted octanol–water partition coefficient (Wildman–Crippen LogP) is 7.09. The summed E-state index contributed by atoms with van der Waals surface area (Å²) in [6.07, 6.45) is 0. The van der Waals surface area contributed by atoms with Gasteiger partial charge in [-0.25, -0.2) is 23.6 Å². The van der Waals surface area contributed by atoms with E-state index in [4.69, 9.17) is 18.9 Å². The molecular weight excluding hydrogens is 555 g/mol. The first-order chi connectivity index (χ1) is 20.2. The number of halogens is 1. The molecule has 0 aliphatic carbocycles. The minimum Gasteiger partial charge on any atom is -0.423 e. The Morgan fingerprint density at radius 2 is 0.930 bits per heavy atom. The third kappa shape index (κ3) is 8.01. The fourth-order valence-electron chi connectivity index (χ4n) is 3.42. The molecule has 3 rings (SSSR count). The molecule has 0 unspecified atom stereocenters. The quantitative estimate of drug-likeness (QED) is 0.141. The molecule has 43 heavy (non-hydrogen) atoms. The molecule has 0 aliphatic rings. The Labute approximate surface area is 248 Å². The van der Waals surface area contributed by atoms with Crippen LogP contribution >= 0.6 is 0 Å². The molecule has 0 bridgehead atoms. The van der Waals surface area contributed by atoms with Crippen LogP contribution in [0.5, 0.6) is 23.0 Å². The van der Waals surface area contributed by atoms with E-state index < -0.39 is 29.7 Å².